The van der Waals surface area contributed by atoms with E-state index in [1.165, 1.54) is 12.1 Å². The smallest absolute Gasteiger partial charge is 0.251 e. The van der Waals surface area contributed by atoms with Crippen LogP contribution in [0.4, 0.5) is 0 Å². The van der Waals surface area contributed by atoms with Gasteiger partial charge >= 0.3 is 0 Å². The summed E-state index contributed by atoms with van der Waals surface area (Å²) in [7, 11) is -2.17. The van der Waals surface area contributed by atoms with Crippen molar-refractivity contribution in [3.05, 3.63) is 95.1 Å². The zero-order valence-corrected chi connectivity index (χ0v) is 17.7. The average molecular weight is 425 g/mol. The van der Waals surface area contributed by atoms with Gasteiger partial charge in [-0.1, -0.05) is 48.5 Å². The van der Waals surface area contributed by atoms with E-state index in [-0.39, 0.29) is 17.3 Å². The first-order valence-corrected chi connectivity index (χ1v) is 10.9. The number of carbonyl (C=O) groups excluding carboxylic acids is 1. The highest BCUT2D eigenvalue weighted by atomic mass is 32.2. The number of hydrogen-bond acceptors (Lipinski definition) is 4. The van der Waals surface area contributed by atoms with Gasteiger partial charge in [0.15, 0.2) is 0 Å². The Bertz CT molecular complexity index is 1130. The fourth-order valence-electron chi connectivity index (χ4n) is 2.93. The van der Waals surface area contributed by atoms with E-state index in [1.54, 1.807) is 20.1 Å². The largest absolute Gasteiger partial charge is 0.497 e. The minimum atomic E-state index is -3.75. The van der Waals surface area contributed by atoms with E-state index in [4.69, 9.17) is 4.74 Å². The second-order valence-corrected chi connectivity index (χ2v) is 8.59. The number of hydrogen-bond donors (Lipinski definition) is 2. The lowest BCUT2D eigenvalue weighted by atomic mass is 10.1. The lowest BCUT2D eigenvalue weighted by molar-refractivity contribution is 0.0950. The van der Waals surface area contributed by atoms with E-state index in [0.717, 1.165) is 11.1 Å². The van der Waals surface area contributed by atoms with Gasteiger partial charge in [-0.05, 0) is 47.9 Å². The zero-order chi connectivity index (χ0) is 21.6. The molecule has 0 aliphatic rings. The van der Waals surface area contributed by atoms with Gasteiger partial charge in [0, 0.05) is 18.7 Å². The van der Waals surface area contributed by atoms with Crippen LogP contribution in [0.15, 0.2) is 77.7 Å². The molecule has 0 aromatic heterocycles. The van der Waals surface area contributed by atoms with Crippen LogP contribution in [0.2, 0.25) is 0 Å². The first-order chi connectivity index (χ1) is 14.4. The number of nitrogens with one attached hydrogen (secondary N) is 2. The molecule has 0 heterocycles. The molecule has 3 aromatic rings. The van der Waals surface area contributed by atoms with Crippen LogP contribution in [-0.2, 0) is 23.1 Å². The summed E-state index contributed by atoms with van der Waals surface area (Å²) in [6, 6.07) is 21.2. The number of carbonyl (C=O) groups is 1. The molecule has 0 saturated carbocycles. The third-order valence-corrected chi connectivity index (χ3v) is 6.06. The summed E-state index contributed by atoms with van der Waals surface area (Å²) in [5.74, 6) is 0.367. The molecule has 0 atom stereocenters. The minimum absolute atomic E-state index is 0.0514. The quantitative estimate of drug-likeness (QED) is 0.580. The van der Waals surface area contributed by atoms with Crippen LogP contribution < -0.4 is 14.8 Å². The van der Waals surface area contributed by atoms with Gasteiger partial charge in [0.1, 0.15) is 5.75 Å². The summed E-state index contributed by atoms with van der Waals surface area (Å²) in [6.07, 6.45) is 0. The summed E-state index contributed by atoms with van der Waals surface area (Å²) in [5.41, 5.74) is 2.75. The molecule has 6 nitrogen and oxygen atoms in total. The van der Waals surface area contributed by atoms with Crippen LogP contribution in [-0.4, -0.2) is 21.4 Å². The highest BCUT2D eigenvalue weighted by Crippen LogP contribution is 2.17. The standard InChI is InChI=1S/C23H24N2O4S/c1-17-11-12-21(30(27,28)25-16-18-7-4-3-5-8-18)14-22(17)23(26)24-15-19-9-6-10-20(13-19)29-2/h3-14,25H,15-16H2,1-2H3,(H,24,26). The van der Waals surface area contributed by atoms with Gasteiger partial charge in [-0.25, -0.2) is 13.1 Å². The Hall–Kier alpha value is -3.16. The molecule has 0 bridgehead atoms. The summed E-state index contributed by atoms with van der Waals surface area (Å²) >= 11 is 0. The van der Waals surface area contributed by atoms with Crippen LogP contribution in [0.5, 0.6) is 5.75 Å². The molecular formula is C23H24N2O4S. The van der Waals surface area contributed by atoms with Crippen LogP contribution in [0, 0.1) is 6.92 Å². The van der Waals surface area contributed by atoms with Gasteiger partial charge in [-0.15, -0.1) is 0 Å². The zero-order valence-electron chi connectivity index (χ0n) is 16.9. The van der Waals surface area contributed by atoms with Crippen molar-refractivity contribution in [2.45, 2.75) is 24.9 Å². The molecule has 0 aliphatic heterocycles. The Morgan fingerprint density at radius 3 is 2.37 bits per heavy atom. The van der Waals surface area contributed by atoms with Crippen LogP contribution in [0.25, 0.3) is 0 Å². The number of amides is 1. The Morgan fingerprint density at radius 1 is 0.900 bits per heavy atom. The molecular weight excluding hydrogens is 400 g/mol. The maximum absolute atomic E-state index is 12.7. The molecule has 1 amide bonds. The highest BCUT2D eigenvalue weighted by Gasteiger charge is 2.18. The van der Waals surface area contributed by atoms with Crippen molar-refractivity contribution in [2.75, 3.05) is 7.11 Å². The summed E-state index contributed by atoms with van der Waals surface area (Å²) in [4.78, 5) is 12.7. The van der Waals surface area contributed by atoms with Gasteiger partial charge in [-0.2, -0.15) is 0 Å². The molecule has 156 valence electrons. The second-order valence-electron chi connectivity index (χ2n) is 6.82. The first-order valence-electron chi connectivity index (χ1n) is 9.44. The fourth-order valence-corrected chi connectivity index (χ4v) is 3.97. The Labute approximate surface area is 177 Å². The number of methoxy groups -OCH3 is 1. The van der Waals surface area contributed by atoms with E-state index in [2.05, 4.69) is 10.0 Å². The molecule has 7 heteroatoms. The fraction of sp³-hybridized carbons (Fsp3) is 0.174. The summed E-state index contributed by atoms with van der Waals surface area (Å²) < 4.78 is 33.1. The predicted molar refractivity (Wildman–Crippen MR) is 116 cm³/mol. The lowest BCUT2D eigenvalue weighted by Gasteiger charge is -2.12. The maximum atomic E-state index is 12.7. The molecule has 0 saturated heterocycles. The van der Waals surface area contributed by atoms with Crippen molar-refractivity contribution in [3.8, 4) is 5.75 Å². The molecule has 0 unspecified atom stereocenters. The molecule has 0 spiro atoms. The lowest BCUT2D eigenvalue weighted by Crippen LogP contribution is -2.26. The van der Waals surface area contributed by atoms with E-state index < -0.39 is 10.0 Å². The van der Waals surface area contributed by atoms with Gasteiger partial charge in [0.05, 0.1) is 12.0 Å². The van der Waals surface area contributed by atoms with Crippen LogP contribution in [0.1, 0.15) is 27.0 Å². The van der Waals surface area contributed by atoms with Crippen molar-refractivity contribution < 1.29 is 17.9 Å². The van der Waals surface area contributed by atoms with Crippen LogP contribution in [0.3, 0.4) is 0 Å². The molecule has 30 heavy (non-hydrogen) atoms. The third-order valence-electron chi connectivity index (χ3n) is 4.66. The Morgan fingerprint density at radius 2 is 1.63 bits per heavy atom. The SMILES string of the molecule is COc1cccc(CNC(=O)c2cc(S(=O)(=O)NCc3ccccc3)ccc2C)c1. The maximum Gasteiger partial charge on any atom is 0.251 e. The average Bonchev–Trinajstić information content (AvgIpc) is 2.77. The van der Waals surface area contributed by atoms with Crippen molar-refractivity contribution >= 4 is 15.9 Å². The predicted octanol–water partition coefficient (Wildman–Crippen LogP) is 3.41. The topological polar surface area (TPSA) is 84.5 Å². The molecule has 0 fully saturated rings. The van der Waals surface area contributed by atoms with Crippen molar-refractivity contribution in [1.29, 1.82) is 0 Å². The first kappa shape index (κ1) is 21.5. The number of ether oxygens (including phenoxy) is 1. The molecule has 0 aliphatic carbocycles. The highest BCUT2D eigenvalue weighted by molar-refractivity contribution is 7.89. The monoisotopic (exact) mass is 424 g/mol. The van der Waals surface area contributed by atoms with E-state index in [1.807, 2.05) is 54.6 Å². The van der Waals surface area contributed by atoms with Crippen molar-refractivity contribution in [3.63, 3.8) is 0 Å². The minimum Gasteiger partial charge on any atom is -0.497 e. The summed E-state index contributed by atoms with van der Waals surface area (Å²) in [5, 5.41) is 2.83. The molecule has 2 N–H and O–H groups in total. The van der Waals surface area contributed by atoms with Gasteiger partial charge in [-0.3, -0.25) is 4.79 Å². The second kappa shape index (κ2) is 9.56. The van der Waals surface area contributed by atoms with E-state index in [9.17, 15) is 13.2 Å². The van der Waals surface area contributed by atoms with Crippen molar-refractivity contribution in [2.24, 2.45) is 0 Å². The summed E-state index contributed by atoms with van der Waals surface area (Å²) in [6.45, 7) is 2.25. The van der Waals surface area contributed by atoms with Crippen molar-refractivity contribution in [1.82, 2.24) is 10.0 Å². The Balaban J connectivity index is 1.72. The van der Waals surface area contributed by atoms with Gasteiger partial charge in [0.2, 0.25) is 10.0 Å². The van der Waals surface area contributed by atoms with Crippen LogP contribution >= 0.6 is 0 Å². The molecule has 0 radical (unpaired) electrons. The van der Waals surface area contributed by atoms with Gasteiger partial charge in [0.25, 0.3) is 5.91 Å². The number of aryl methyl sites for hydroxylation is 1. The molecule has 3 aromatic carbocycles. The Kier molecular flexibility index (Phi) is 6.87. The van der Waals surface area contributed by atoms with E-state index in [0.29, 0.717) is 23.4 Å². The van der Waals surface area contributed by atoms with E-state index >= 15 is 0 Å². The number of sulfonamides is 1. The third kappa shape index (κ3) is 5.46. The number of rotatable bonds is 8. The van der Waals surface area contributed by atoms with Gasteiger partial charge < -0.3 is 10.1 Å². The molecule has 3 rings (SSSR count). The normalized spacial score (nSPS) is 11.1. The number of benzene rings is 3.